The molecular formula is C19H21FN2O4. The lowest BCUT2D eigenvalue weighted by Crippen LogP contribution is -2.45. The molecule has 1 aliphatic rings. The van der Waals surface area contributed by atoms with Gasteiger partial charge in [0, 0.05) is 12.0 Å². The van der Waals surface area contributed by atoms with Crippen molar-refractivity contribution >= 4 is 11.8 Å². The average Bonchev–Trinajstić information content (AvgIpc) is 2.55. The van der Waals surface area contributed by atoms with E-state index in [-0.39, 0.29) is 18.3 Å². The number of anilines is 1. The van der Waals surface area contributed by atoms with Gasteiger partial charge >= 0.3 is 12.0 Å². The van der Waals surface area contributed by atoms with Crippen LogP contribution in [0.5, 0.6) is 5.88 Å². The smallest absolute Gasteiger partial charge is 0.415 e. The van der Waals surface area contributed by atoms with Gasteiger partial charge in [0.15, 0.2) is 11.9 Å². The fourth-order valence-electron chi connectivity index (χ4n) is 2.72. The fraction of sp³-hybridized carbons (Fsp3) is 0.368. The van der Waals surface area contributed by atoms with E-state index in [0.29, 0.717) is 28.9 Å². The quantitative estimate of drug-likeness (QED) is 0.609. The van der Waals surface area contributed by atoms with Crippen LogP contribution in [0, 0.1) is 11.0 Å². The molecule has 1 amide bonds. The van der Waals surface area contributed by atoms with Gasteiger partial charge in [-0.05, 0) is 44.5 Å². The summed E-state index contributed by atoms with van der Waals surface area (Å²) in [5.74, 6) is -0.243. The third kappa shape index (κ3) is 4.04. The molecule has 0 fully saturated rings. The van der Waals surface area contributed by atoms with E-state index in [2.05, 4.69) is 0 Å². The Kier molecular flexibility index (Phi) is 4.71. The van der Waals surface area contributed by atoms with Gasteiger partial charge in [0.2, 0.25) is 0 Å². The Balaban J connectivity index is 1.91. The number of pyridine rings is 1. The Morgan fingerprint density at radius 3 is 2.65 bits per heavy atom. The van der Waals surface area contributed by atoms with Gasteiger partial charge in [0.25, 0.3) is 0 Å². The highest BCUT2D eigenvalue weighted by Crippen LogP contribution is 2.31. The molecule has 0 saturated carbocycles. The highest BCUT2D eigenvalue weighted by atomic mass is 19.1. The predicted molar refractivity (Wildman–Crippen MR) is 93.7 cm³/mol. The van der Waals surface area contributed by atoms with Crippen molar-refractivity contribution in [1.29, 1.82) is 0 Å². The monoisotopic (exact) mass is 360 g/mol. The average molecular weight is 360 g/mol. The van der Waals surface area contributed by atoms with Crippen LogP contribution in [0.25, 0.3) is 0 Å². The van der Waals surface area contributed by atoms with Crippen molar-refractivity contribution in [2.75, 3.05) is 18.1 Å². The third-order valence-corrected chi connectivity index (χ3v) is 3.80. The van der Waals surface area contributed by atoms with Crippen LogP contribution in [0.4, 0.5) is 14.9 Å². The molecule has 0 aliphatic carbocycles. The molecular weight excluding hydrogens is 339 g/mol. The summed E-state index contributed by atoms with van der Waals surface area (Å²) in [6.45, 7) is 5.86. The van der Waals surface area contributed by atoms with Gasteiger partial charge in [0.1, 0.15) is 18.0 Å². The minimum atomic E-state index is -0.644. The highest BCUT2D eigenvalue weighted by molar-refractivity contribution is 5.89. The van der Waals surface area contributed by atoms with Crippen LogP contribution in [0.15, 0.2) is 36.5 Å². The summed E-state index contributed by atoms with van der Waals surface area (Å²) < 4.78 is 24.5. The second kappa shape index (κ2) is 6.82. The molecule has 0 bridgehead atoms. The first kappa shape index (κ1) is 18.0. The topological polar surface area (TPSA) is 65.7 Å². The number of nitrogens with zero attached hydrogens (tertiary/aromatic N) is 2. The van der Waals surface area contributed by atoms with E-state index in [1.54, 1.807) is 39.0 Å². The standard InChI is InChI=1S/C19H21FN2O4/c1-19(2,3)26-18(23)21-8-9-25-17-16(21)11-14(12-22(17)24)10-13-4-6-15(20)7-5-13/h4-7,11-12H,8-10H2,1-3H3. The largest absolute Gasteiger partial charge is 0.616 e. The summed E-state index contributed by atoms with van der Waals surface area (Å²) in [6, 6.07) is 7.79. The summed E-state index contributed by atoms with van der Waals surface area (Å²) in [5, 5.41) is 12.3. The minimum absolute atomic E-state index is 0.0740. The molecule has 6 nitrogen and oxygen atoms in total. The van der Waals surface area contributed by atoms with Crippen LogP contribution < -0.4 is 14.4 Å². The van der Waals surface area contributed by atoms with Gasteiger partial charge in [0.05, 0.1) is 6.54 Å². The van der Waals surface area contributed by atoms with Crippen LogP contribution in [0.1, 0.15) is 31.9 Å². The van der Waals surface area contributed by atoms with E-state index >= 15 is 0 Å². The number of hydrogen-bond acceptors (Lipinski definition) is 4. The number of ether oxygens (including phenoxy) is 2. The summed E-state index contributed by atoms with van der Waals surface area (Å²) in [5.41, 5.74) is 1.27. The highest BCUT2D eigenvalue weighted by Gasteiger charge is 2.33. The molecule has 1 aromatic carbocycles. The van der Waals surface area contributed by atoms with Crippen molar-refractivity contribution in [2.24, 2.45) is 0 Å². The molecule has 1 aromatic heterocycles. The zero-order valence-corrected chi connectivity index (χ0v) is 15.0. The first-order valence-electron chi connectivity index (χ1n) is 8.37. The normalized spacial score (nSPS) is 13.8. The molecule has 0 radical (unpaired) electrons. The second-order valence-corrected chi connectivity index (χ2v) is 7.15. The van der Waals surface area contributed by atoms with Gasteiger partial charge in [-0.25, -0.2) is 9.18 Å². The van der Waals surface area contributed by atoms with Gasteiger partial charge in [-0.1, -0.05) is 12.1 Å². The summed E-state index contributed by atoms with van der Waals surface area (Å²) >= 11 is 0. The van der Waals surface area contributed by atoms with E-state index in [0.717, 1.165) is 5.56 Å². The summed E-state index contributed by atoms with van der Waals surface area (Å²) in [4.78, 5) is 13.9. The van der Waals surface area contributed by atoms with Crippen LogP contribution >= 0.6 is 0 Å². The van der Waals surface area contributed by atoms with Crippen molar-refractivity contribution in [1.82, 2.24) is 0 Å². The van der Waals surface area contributed by atoms with Gasteiger partial charge in [-0.3, -0.25) is 4.90 Å². The third-order valence-electron chi connectivity index (χ3n) is 3.80. The number of amides is 1. The maximum absolute atomic E-state index is 13.1. The molecule has 0 atom stereocenters. The number of aromatic nitrogens is 1. The van der Waals surface area contributed by atoms with E-state index in [1.165, 1.54) is 23.2 Å². The molecule has 1 aliphatic heterocycles. The number of carbonyl (C=O) groups excluding carboxylic acids is 1. The molecule has 26 heavy (non-hydrogen) atoms. The first-order valence-corrected chi connectivity index (χ1v) is 8.37. The van der Waals surface area contributed by atoms with E-state index < -0.39 is 11.7 Å². The van der Waals surface area contributed by atoms with Crippen molar-refractivity contribution in [3.63, 3.8) is 0 Å². The van der Waals surface area contributed by atoms with E-state index in [4.69, 9.17) is 9.47 Å². The Morgan fingerprint density at radius 1 is 1.31 bits per heavy atom. The Bertz CT molecular complexity index is 816. The van der Waals surface area contributed by atoms with E-state index in [9.17, 15) is 14.4 Å². The van der Waals surface area contributed by atoms with Crippen molar-refractivity contribution in [3.8, 4) is 5.88 Å². The lowest BCUT2D eigenvalue weighted by Gasteiger charge is -2.30. The second-order valence-electron chi connectivity index (χ2n) is 7.15. The molecule has 0 unspecified atom stereocenters. The molecule has 0 saturated heterocycles. The Morgan fingerprint density at radius 2 is 2.00 bits per heavy atom. The number of benzene rings is 1. The molecule has 2 heterocycles. The number of carbonyl (C=O) groups is 1. The summed E-state index contributed by atoms with van der Waals surface area (Å²) in [6.07, 6.45) is 1.31. The van der Waals surface area contributed by atoms with Crippen LogP contribution in [0.2, 0.25) is 0 Å². The fourth-order valence-corrected chi connectivity index (χ4v) is 2.72. The van der Waals surface area contributed by atoms with E-state index in [1.807, 2.05) is 0 Å². The maximum Gasteiger partial charge on any atom is 0.415 e. The molecule has 0 N–H and O–H groups in total. The predicted octanol–water partition coefficient (Wildman–Crippen LogP) is 3.18. The SMILES string of the molecule is CC(C)(C)OC(=O)N1CCOc2c1cc(Cc1ccc(F)cc1)c[n+]2[O-]. The molecule has 7 heteroatoms. The van der Waals surface area contributed by atoms with Crippen LogP contribution in [-0.2, 0) is 11.2 Å². The number of fused-ring (bicyclic) bond motifs is 1. The first-order chi connectivity index (χ1) is 12.2. The van der Waals surface area contributed by atoms with Crippen LogP contribution in [0.3, 0.4) is 0 Å². The lowest BCUT2D eigenvalue weighted by molar-refractivity contribution is -0.612. The zero-order valence-electron chi connectivity index (χ0n) is 15.0. The molecule has 0 spiro atoms. The van der Waals surface area contributed by atoms with Crippen molar-refractivity contribution < 1.29 is 23.4 Å². The number of halogens is 1. The molecule has 2 aromatic rings. The maximum atomic E-state index is 13.1. The lowest BCUT2D eigenvalue weighted by atomic mass is 10.1. The summed E-state index contributed by atoms with van der Waals surface area (Å²) in [7, 11) is 0. The zero-order chi connectivity index (χ0) is 18.9. The molecule has 3 rings (SSSR count). The minimum Gasteiger partial charge on any atom is -0.616 e. The molecule has 138 valence electrons. The number of hydrogen-bond donors (Lipinski definition) is 0. The Hall–Kier alpha value is -2.83. The van der Waals surface area contributed by atoms with Crippen molar-refractivity contribution in [2.45, 2.75) is 32.8 Å². The van der Waals surface area contributed by atoms with Gasteiger partial charge < -0.3 is 14.7 Å². The Labute approximate surface area is 151 Å². The van der Waals surface area contributed by atoms with Gasteiger partial charge in [-0.2, -0.15) is 0 Å². The van der Waals surface area contributed by atoms with Crippen LogP contribution in [-0.4, -0.2) is 24.8 Å². The van der Waals surface area contributed by atoms with Gasteiger partial charge in [-0.15, -0.1) is 4.73 Å². The number of rotatable bonds is 2. The van der Waals surface area contributed by atoms with Crippen molar-refractivity contribution in [3.05, 3.63) is 58.7 Å².